The van der Waals surface area contributed by atoms with E-state index >= 15 is 0 Å². The van der Waals surface area contributed by atoms with Gasteiger partial charge in [0.1, 0.15) is 6.04 Å². The van der Waals surface area contributed by atoms with Crippen LogP contribution in [0.25, 0.3) is 0 Å². The second-order valence-corrected chi connectivity index (χ2v) is 9.02. The number of carbonyl (C=O) groups excluding carboxylic acids is 2. The van der Waals surface area contributed by atoms with Gasteiger partial charge in [-0.2, -0.15) is 0 Å². The number of amides is 2. The van der Waals surface area contributed by atoms with Gasteiger partial charge in [0, 0.05) is 34.6 Å². The number of ether oxygens (including phenoxy) is 2. The van der Waals surface area contributed by atoms with Gasteiger partial charge in [-0.05, 0) is 70.9 Å². The Labute approximate surface area is 212 Å². The molecule has 2 aromatic carbocycles. The molecule has 34 heavy (non-hydrogen) atoms. The van der Waals surface area contributed by atoms with Gasteiger partial charge in [-0.15, -0.1) is 0 Å². The minimum absolute atomic E-state index is 0.0448. The van der Waals surface area contributed by atoms with Crippen LogP contribution in [0.3, 0.4) is 0 Å². The van der Waals surface area contributed by atoms with Crippen molar-refractivity contribution in [1.82, 2.24) is 10.2 Å². The van der Waals surface area contributed by atoms with E-state index in [-0.39, 0.29) is 30.8 Å². The third-order valence-corrected chi connectivity index (χ3v) is 5.93. The average Bonchev–Trinajstić information content (AvgIpc) is 2.78. The van der Waals surface area contributed by atoms with Gasteiger partial charge in [0.25, 0.3) is 0 Å². The van der Waals surface area contributed by atoms with Gasteiger partial charge in [-0.1, -0.05) is 35.3 Å². The third-order valence-electron chi connectivity index (χ3n) is 5.22. The Morgan fingerprint density at radius 1 is 0.971 bits per heavy atom. The molecule has 0 heterocycles. The molecule has 0 aliphatic carbocycles. The zero-order chi connectivity index (χ0) is 25.3. The first-order valence-electron chi connectivity index (χ1n) is 11.6. The summed E-state index contributed by atoms with van der Waals surface area (Å²) >= 11 is 12.7. The summed E-state index contributed by atoms with van der Waals surface area (Å²) in [5, 5.41) is 3.78. The molecule has 2 aromatic rings. The zero-order valence-corrected chi connectivity index (χ0v) is 22.0. The van der Waals surface area contributed by atoms with Crippen LogP contribution in [0.5, 0.6) is 11.5 Å². The van der Waals surface area contributed by atoms with Gasteiger partial charge in [0.15, 0.2) is 11.5 Å². The van der Waals surface area contributed by atoms with Crippen LogP contribution in [0, 0.1) is 0 Å². The van der Waals surface area contributed by atoms with Crippen molar-refractivity contribution in [2.24, 2.45) is 0 Å². The second kappa shape index (κ2) is 13.4. The van der Waals surface area contributed by atoms with Crippen LogP contribution in [0.4, 0.5) is 0 Å². The highest BCUT2D eigenvalue weighted by atomic mass is 35.5. The first kappa shape index (κ1) is 27.8. The van der Waals surface area contributed by atoms with Crippen molar-refractivity contribution in [2.45, 2.75) is 66.1 Å². The van der Waals surface area contributed by atoms with E-state index in [4.69, 9.17) is 32.7 Å². The minimum Gasteiger partial charge on any atom is -0.490 e. The molecule has 2 amide bonds. The molecular weight excluding hydrogens is 475 g/mol. The fourth-order valence-electron chi connectivity index (χ4n) is 3.49. The molecule has 0 bridgehead atoms. The number of nitrogens with one attached hydrogen (secondary N) is 1. The highest BCUT2D eigenvalue weighted by Gasteiger charge is 2.27. The van der Waals surface area contributed by atoms with Crippen molar-refractivity contribution in [2.75, 3.05) is 13.2 Å². The number of carbonyl (C=O) groups is 2. The van der Waals surface area contributed by atoms with Crippen molar-refractivity contribution in [1.29, 1.82) is 0 Å². The molecule has 0 fully saturated rings. The fourth-order valence-corrected chi connectivity index (χ4v) is 4.00. The van der Waals surface area contributed by atoms with Crippen molar-refractivity contribution in [3.8, 4) is 11.5 Å². The summed E-state index contributed by atoms with van der Waals surface area (Å²) in [6, 6.07) is 10.1. The highest BCUT2D eigenvalue weighted by molar-refractivity contribution is 6.36. The van der Waals surface area contributed by atoms with Crippen LogP contribution >= 0.6 is 23.2 Å². The first-order valence-corrected chi connectivity index (χ1v) is 12.3. The van der Waals surface area contributed by atoms with E-state index in [1.807, 2.05) is 45.9 Å². The number of hydrogen-bond donors (Lipinski definition) is 1. The number of aryl methyl sites for hydroxylation is 1. The Kier molecular flexibility index (Phi) is 11.0. The van der Waals surface area contributed by atoms with Gasteiger partial charge in [-0.25, -0.2) is 0 Å². The van der Waals surface area contributed by atoms with E-state index in [0.717, 1.165) is 5.56 Å². The monoisotopic (exact) mass is 508 g/mol. The molecule has 0 unspecified atom stereocenters. The molecule has 0 aliphatic rings. The number of rotatable bonds is 12. The summed E-state index contributed by atoms with van der Waals surface area (Å²) in [6.45, 7) is 10.5. The van der Waals surface area contributed by atoms with Crippen molar-refractivity contribution >= 4 is 35.0 Å². The van der Waals surface area contributed by atoms with Crippen LogP contribution in [-0.2, 0) is 22.6 Å². The maximum Gasteiger partial charge on any atom is 0.242 e. The van der Waals surface area contributed by atoms with Gasteiger partial charge in [0.2, 0.25) is 11.8 Å². The molecule has 2 rings (SSSR count). The SMILES string of the molecule is CCOc1ccc(CCC(=O)N(Cc2c(Cl)cccc2Cl)[C@@H](C)C(=O)NC(C)C)cc1OCC. The lowest BCUT2D eigenvalue weighted by Crippen LogP contribution is -2.49. The molecule has 0 radical (unpaired) electrons. The first-order chi connectivity index (χ1) is 16.2. The van der Waals surface area contributed by atoms with E-state index in [2.05, 4.69) is 5.32 Å². The lowest BCUT2D eigenvalue weighted by Gasteiger charge is -2.30. The van der Waals surface area contributed by atoms with Gasteiger partial charge < -0.3 is 19.7 Å². The molecule has 8 heteroatoms. The van der Waals surface area contributed by atoms with Crippen LogP contribution in [0.1, 0.15) is 52.2 Å². The Morgan fingerprint density at radius 3 is 2.18 bits per heavy atom. The minimum atomic E-state index is -0.693. The molecular formula is C26H34Cl2N2O4. The summed E-state index contributed by atoms with van der Waals surface area (Å²) in [5.74, 6) is 0.924. The van der Waals surface area contributed by atoms with Gasteiger partial charge in [0.05, 0.1) is 13.2 Å². The Hall–Kier alpha value is -2.44. The van der Waals surface area contributed by atoms with E-state index in [0.29, 0.717) is 46.7 Å². The molecule has 0 saturated carbocycles. The Morgan fingerprint density at radius 2 is 1.59 bits per heavy atom. The molecule has 0 spiro atoms. The average molecular weight is 509 g/mol. The quantitative estimate of drug-likeness (QED) is 0.401. The molecule has 1 N–H and O–H groups in total. The standard InChI is InChI=1S/C26H34Cl2N2O4/c1-6-33-23-13-11-19(15-24(23)34-7-2)12-14-25(31)30(18(5)26(32)29-17(3)4)16-20-21(27)9-8-10-22(20)28/h8-11,13,15,17-18H,6-7,12,14,16H2,1-5H3,(H,29,32)/t18-/m0/s1. The number of hydrogen-bond acceptors (Lipinski definition) is 4. The van der Waals surface area contributed by atoms with E-state index in [1.54, 1.807) is 25.1 Å². The summed E-state index contributed by atoms with van der Waals surface area (Å²) in [5.41, 5.74) is 1.55. The Balaban J connectivity index is 2.24. The lowest BCUT2D eigenvalue weighted by molar-refractivity contribution is -0.140. The van der Waals surface area contributed by atoms with Gasteiger partial charge in [-0.3, -0.25) is 9.59 Å². The van der Waals surface area contributed by atoms with E-state index in [9.17, 15) is 9.59 Å². The highest BCUT2D eigenvalue weighted by Crippen LogP contribution is 2.30. The van der Waals surface area contributed by atoms with Gasteiger partial charge >= 0.3 is 0 Å². The maximum atomic E-state index is 13.4. The predicted molar refractivity (Wildman–Crippen MR) is 137 cm³/mol. The van der Waals surface area contributed by atoms with E-state index in [1.165, 1.54) is 4.90 Å². The molecule has 0 aliphatic heterocycles. The Bertz CT molecular complexity index is 961. The topological polar surface area (TPSA) is 67.9 Å². The molecule has 6 nitrogen and oxygen atoms in total. The molecule has 1 atom stereocenters. The largest absolute Gasteiger partial charge is 0.490 e. The van der Waals surface area contributed by atoms with Crippen LogP contribution < -0.4 is 14.8 Å². The summed E-state index contributed by atoms with van der Waals surface area (Å²) in [7, 11) is 0. The summed E-state index contributed by atoms with van der Waals surface area (Å²) in [6.07, 6.45) is 0.692. The number of benzene rings is 2. The van der Waals surface area contributed by atoms with Crippen LogP contribution in [0.2, 0.25) is 10.0 Å². The summed E-state index contributed by atoms with van der Waals surface area (Å²) < 4.78 is 11.3. The third kappa shape index (κ3) is 7.81. The molecule has 186 valence electrons. The van der Waals surface area contributed by atoms with Crippen molar-refractivity contribution < 1.29 is 19.1 Å². The van der Waals surface area contributed by atoms with Crippen LogP contribution in [-0.4, -0.2) is 42.0 Å². The predicted octanol–water partition coefficient (Wildman–Crippen LogP) is 5.67. The normalized spacial score (nSPS) is 11.8. The zero-order valence-electron chi connectivity index (χ0n) is 20.5. The number of halogens is 2. The second-order valence-electron chi connectivity index (χ2n) is 8.21. The lowest BCUT2D eigenvalue weighted by atomic mass is 10.1. The smallest absolute Gasteiger partial charge is 0.242 e. The fraction of sp³-hybridized carbons (Fsp3) is 0.462. The summed E-state index contributed by atoms with van der Waals surface area (Å²) in [4.78, 5) is 27.6. The molecule has 0 aromatic heterocycles. The molecule has 0 saturated heterocycles. The maximum absolute atomic E-state index is 13.4. The van der Waals surface area contributed by atoms with Crippen LogP contribution in [0.15, 0.2) is 36.4 Å². The van der Waals surface area contributed by atoms with E-state index < -0.39 is 6.04 Å². The van der Waals surface area contributed by atoms with Crippen molar-refractivity contribution in [3.63, 3.8) is 0 Å². The van der Waals surface area contributed by atoms with Crippen molar-refractivity contribution in [3.05, 3.63) is 57.6 Å². The number of nitrogens with zero attached hydrogens (tertiary/aromatic N) is 1.